The van der Waals surface area contributed by atoms with Crippen molar-refractivity contribution in [2.24, 2.45) is 5.92 Å². The highest BCUT2D eigenvalue weighted by molar-refractivity contribution is 5.97. The van der Waals surface area contributed by atoms with Gasteiger partial charge in [-0.1, -0.05) is 6.92 Å². The lowest BCUT2D eigenvalue weighted by Gasteiger charge is -2.25. The largest absolute Gasteiger partial charge is 0.507 e. The Bertz CT molecular complexity index is 475. The molecule has 1 aromatic carbocycles. The number of hydrogen-bond donors (Lipinski definition) is 2. The monoisotopic (exact) mass is 265 g/mol. The van der Waals surface area contributed by atoms with Gasteiger partial charge in [-0.15, -0.1) is 0 Å². The molecule has 2 atom stereocenters. The topological polar surface area (TPSA) is 70.0 Å². The number of phenolic OH excluding ortho intramolecular Hbond substituents is 1. The molecule has 1 saturated heterocycles. The Hall–Kier alpha value is -1.75. The van der Waals surface area contributed by atoms with Crippen molar-refractivity contribution < 1.29 is 19.7 Å². The Morgan fingerprint density at radius 2 is 2.26 bits per heavy atom. The molecule has 0 saturated carbocycles. The van der Waals surface area contributed by atoms with Gasteiger partial charge in [0.05, 0.1) is 25.3 Å². The molecule has 5 heteroatoms. The molecular formula is C14H19NO4. The molecule has 2 rings (SSSR count). The van der Waals surface area contributed by atoms with Crippen LogP contribution in [-0.4, -0.2) is 47.3 Å². The molecule has 19 heavy (non-hydrogen) atoms. The normalized spacial score (nSPS) is 22.6. The maximum absolute atomic E-state index is 12.5. The van der Waals surface area contributed by atoms with Gasteiger partial charge >= 0.3 is 0 Å². The summed E-state index contributed by atoms with van der Waals surface area (Å²) in [5.41, 5.74) is 0.215. The number of likely N-dealkylation sites (tertiary alicyclic amines) is 1. The fraction of sp³-hybridized carbons (Fsp3) is 0.500. The van der Waals surface area contributed by atoms with E-state index in [9.17, 15) is 15.0 Å². The molecule has 0 aromatic heterocycles. The summed E-state index contributed by atoms with van der Waals surface area (Å²) in [4.78, 5) is 14.1. The SMILES string of the molecule is COc1ccc(O)c(C(=O)N2CCC(C)C2CO)c1. The third kappa shape index (κ3) is 2.51. The number of ether oxygens (including phenoxy) is 1. The zero-order chi connectivity index (χ0) is 14.0. The van der Waals surface area contributed by atoms with Crippen molar-refractivity contribution in [1.29, 1.82) is 0 Å². The minimum atomic E-state index is -0.264. The lowest BCUT2D eigenvalue weighted by atomic mass is 10.0. The molecular weight excluding hydrogens is 246 g/mol. The number of benzene rings is 1. The van der Waals surface area contributed by atoms with Gasteiger partial charge in [-0.2, -0.15) is 0 Å². The first-order valence-corrected chi connectivity index (χ1v) is 6.37. The summed E-state index contributed by atoms with van der Waals surface area (Å²) in [6, 6.07) is 4.38. The van der Waals surface area contributed by atoms with E-state index in [-0.39, 0.29) is 35.8 Å². The average Bonchev–Trinajstić information content (AvgIpc) is 2.79. The van der Waals surface area contributed by atoms with Gasteiger partial charge < -0.3 is 19.8 Å². The molecule has 0 bridgehead atoms. The minimum Gasteiger partial charge on any atom is -0.507 e. The van der Waals surface area contributed by atoms with E-state index in [1.165, 1.54) is 19.2 Å². The first-order chi connectivity index (χ1) is 9.08. The predicted octanol–water partition coefficient (Wildman–Crippen LogP) is 1.24. The van der Waals surface area contributed by atoms with Crippen LogP contribution in [0.5, 0.6) is 11.5 Å². The van der Waals surface area contributed by atoms with Crippen molar-refractivity contribution in [2.45, 2.75) is 19.4 Å². The summed E-state index contributed by atoms with van der Waals surface area (Å²) < 4.78 is 5.07. The van der Waals surface area contributed by atoms with E-state index in [0.717, 1.165) is 6.42 Å². The van der Waals surface area contributed by atoms with E-state index in [1.807, 2.05) is 6.92 Å². The van der Waals surface area contributed by atoms with E-state index in [2.05, 4.69) is 0 Å². The summed E-state index contributed by atoms with van der Waals surface area (Å²) in [6.07, 6.45) is 0.863. The van der Waals surface area contributed by atoms with Crippen LogP contribution in [0.15, 0.2) is 18.2 Å². The quantitative estimate of drug-likeness (QED) is 0.862. The van der Waals surface area contributed by atoms with Crippen LogP contribution in [-0.2, 0) is 0 Å². The van der Waals surface area contributed by atoms with Crippen LogP contribution >= 0.6 is 0 Å². The fourth-order valence-corrected chi connectivity index (χ4v) is 2.51. The van der Waals surface area contributed by atoms with Gasteiger partial charge in [0.1, 0.15) is 11.5 Å². The van der Waals surface area contributed by atoms with Crippen LogP contribution in [0.3, 0.4) is 0 Å². The van der Waals surface area contributed by atoms with Crippen molar-refractivity contribution in [2.75, 3.05) is 20.3 Å². The number of carbonyl (C=O) groups is 1. The van der Waals surface area contributed by atoms with Crippen LogP contribution < -0.4 is 4.74 Å². The zero-order valence-electron chi connectivity index (χ0n) is 11.2. The highest BCUT2D eigenvalue weighted by Crippen LogP contribution is 2.29. The number of rotatable bonds is 3. The molecule has 1 heterocycles. The van der Waals surface area contributed by atoms with Gasteiger partial charge in [-0.3, -0.25) is 4.79 Å². The number of aliphatic hydroxyl groups is 1. The molecule has 1 amide bonds. The third-order valence-corrected chi connectivity index (χ3v) is 3.76. The number of methoxy groups -OCH3 is 1. The highest BCUT2D eigenvalue weighted by Gasteiger charge is 2.35. The Kier molecular flexibility index (Phi) is 3.95. The third-order valence-electron chi connectivity index (χ3n) is 3.76. The number of carbonyl (C=O) groups excluding carboxylic acids is 1. The Morgan fingerprint density at radius 1 is 1.53 bits per heavy atom. The van der Waals surface area contributed by atoms with Crippen LogP contribution in [0.25, 0.3) is 0 Å². The smallest absolute Gasteiger partial charge is 0.258 e. The maximum atomic E-state index is 12.5. The van der Waals surface area contributed by atoms with Gasteiger partial charge in [0.2, 0.25) is 0 Å². The number of nitrogens with zero attached hydrogens (tertiary/aromatic N) is 1. The van der Waals surface area contributed by atoms with Crippen molar-refractivity contribution in [3.05, 3.63) is 23.8 Å². The molecule has 1 aromatic rings. The number of aromatic hydroxyl groups is 1. The second-order valence-electron chi connectivity index (χ2n) is 4.90. The summed E-state index contributed by atoms with van der Waals surface area (Å²) in [6.45, 7) is 2.55. The molecule has 5 nitrogen and oxygen atoms in total. The van der Waals surface area contributed by atoms with Crippen molar-refractivity contribution >= 4 is 5.91 Å². The van der Waals surface area contributed by atoms with E-state index in [1.54, 1.807) is 11.0 Å². The zero-order valence-corrected chi connectivity index (χ0v) is 11.2. The van der Waals surface area contributed by atoms with Crippen molar-refractivity contribution in [3.8, 4) is 11.5 Å². The molecule has 1 aliphatic rings. The highest BCUT2D eigenvalue weighted by atomic mass is 16.5. The fourth-order valence-electron chi connectivity index (χ4n) is 2.51. The maximum Gasteiger partial charge on any atom is 0.258 e. The minimum absolute atomic E-state index is 0.0579. The van der Waals surface area contributed by atoms with E-state index in [4.69, 9.17) is 4.74 Å². The molecule has 2 N–H and O–H groups in total. The number of phenols is 1. The van der Waals surface area contributed by atoms with Crippen LogP contribution in [0.4, 0.5) is 0 Å². The summed E-state index contributed by atoms with van der Waals surface area (Å²) >= 11 is 0. The van der Waals surface area contributed by atoms with Crippen LogP contribution in [0.2, 0.25) is 0 Å². The molecule has 2 unspecified atom stereocenters. The van der Waals surface area contributed by atoms with E-state index < -0.39 is 0 Å². The number of hydrogen-bond acceptors (Lipinski definition) is 4. The summed E-state index contributed by atoms with van der Waals surface area (Å²) in [5, 5.41) is 19.2. The molecule has 0 aliphatic carbocycles. The first-order valence-electron chi connectivity index (χ1n) is 6.37. The number of aliphatic hydroxyl groups excluding tert-OH is 1. The Labute approximate surface area is 112 Å². The Morgan fingerprint density at radius 3 is 2.89 bits per heavy atom. The summed E-state index contributed by atoms with van der Waals surface area (Å²) in [7, 11) is 1.51. The summed E-state index contributed by atoms with van der Waals surface area (Å²) in [5.74, 6) is 0.456. The Balaban J connectivity index is 2.29. The molecule has 0 radical (unpaired) electrons. The van der Waals surface area contributed by atoms with Gasteiger partial charge in [0, 0.05) is 6.54 Å². The molecule has 0 spiro atoms. The number of amides is 1. The standard InChI is InChI=1S/C14H19NO4/c1-9-5-6-15(12(9)8-16)14(18)11-7-10(19-2)3-4-13(11)17/h3-4,7,9,12,16-17H,5-6,8H2,1-2H3. The van der Waals surface area contributed by atoms with Gasteiger partial charge in [-0.05, 0) is 30.5 Å². The molecule has 1 fully saturated rings. The van der Waals surface area contributed by atoms with E-state index >= 15 is 0 Å². The van der Waals surface area contributed by atoms with Crippen LogP contribution in [0.1, 0.15) is 23.7 Å². The van der Waals surface area contributed by atoms with Crippen LogP contribution in [0, 0.1) is 5.92 Å². The molecule has 104 valence electrons. The lowest BCUT2D eigenvalue weighted by molar-refractivity contribution is 0.0645. The first kappa shape index (κ1) is 13.7. The predicted molar refractivity (Wildman–Crippen MR) is 70.4 cm³/mol. The van der Waals surface area contributed by atoms with Crippen molar-refractivity contribution in [3.63, 3.8) is 0 Å². The lowest BCUT2D eigenvalue weighted by Crippen LogP contribution is -2.39. The van der Waals surface area contributed by atoms with Gasteiger partial charge in [0.15, 0.2) is 0 Å². The second-order valence-corrected chi connectivity index (χ2v) is 4.90. The second kappa shape index (κ2) is 5.48. The van der Waals surface area contributed by atoms with Crippen molar-refractivity contribution in [1.82, 2.24) is 4.90 Å². The molecule has 1 aliphatic heterocycles. The average molecular weight is 265 g/mol. The van der Waals surface area contributed by atoms with E-state index in [0.29, 0.717) is 12.3 Å². The van der Waals surface area contributed by atoms with Gasteiger partial charge in [0.25, 0.3) is 5.91 Å². The van der Waals surface area contributed by atoms with Gasteiger partial charge in [-0.25, -0.2) is 0 Å².